The van der Waals surface area contributed by atoms with Crippen LogP contribution in [0, 0.1) is 13.8 Å². The number of aryl methyl sites for hydroxylation is 2. The van der Waals surface area contributed by atoms with Crippen molar-refractivity contribution in [2.24, 2.45) is 4.99 Å². The number of benzene rings is 1. The summed E-state index contributed by atoms with van der Waals surface area (Å²) in [6.45, 7) is 5.72. The number of nitrogens with zero attached hydrogens (tertiary/aromatic N) is 3. The van der Waals surface area contributed by atoms with Gasteiger partial charge in [-0.1, -0.05) is 11.6 Å². The van der Waals surface area contributed by atoms with Gasteiger partial charge in [-0.3, -0.25) is 9.79 Å². The molecule has 0 aliphatic carbocycles. The molecule has 3 heterocycles. The molecule has 0 radical (unpaired) electrons. The van der Waals surface area contributed by atoms with E-state index in [9.17, 15) is 4.79 Å². The van der Waals surface area contributed by atoms with Gasteiger partial charge in [0.15, 0.2) is 11.5 Å². The van der Waals surface area contributed by atoms with Crippen molar-refractivity contribution in [2.75, 3.05) is 5.73 Å². The predicted molar refractivity (Wildman–Crippen MR) is 94.7 cm³/mol. The van der Waals surface area contributed by atoms with Crippen LogP contribution in [0.4, 0.5) is 11.5 Å². The zero-order valence-electron chi connectivity index (χ0n) is 13.6. The van der Waals surface area contributed by atoms with E-state index in [0.717, 1.165) is 28.1 Å². The number of nitrogen functional groups attached to an aromatic ring is 1. The van der Waals surface area contributed by atoms with E-state index in [1.807, 2.05) is 26.0 Å². The van der Waals surface area contributed by atoms with Gasteiger partial charge in [0.2, 0.25) is 0 Å². The van der Waals surface area contributed by atoms with Crippen molar-refractivity contribution in [3.8, 4) is 0 Å². The molecule has 0 saturated carbocycles. The van der Waals surface area contributed by atoms with E-state index in [1.165, 1.54) is 4.57 Å². The summed E-state index contributed by atoms with van der Waals surface area (Å²) in [5.74, 6) is 0.873. The van der Waals surface area contributed by atoms with E-state index in [1.54, 1.807) is 19.1 Å². The average Bonchev–Trinajstić information content (AvgIpc) is 3.03. The lowest BCUT2D eigenvalue weighted by Gasteiger charge is -2.05. The summed E-state index contributed by atoms with van der Waals surface area (Å²) in [5, 5.41) is 0. The molecule has 1 aliphatic rings. The molecule has 1 aliphatic heterocycles. The minimum absolute atomic E-state index is 0.236. The zero-order valence-corrected chi connectivity index (χ0v) is 13.6. The minimum Gasteiger partial charge on any atom is -0.382 e. The fourth-order valence-corrected chi connectivity index (χ4v) is 2.95. The Balaban J connectivity index is 1.97. The molecule has 0 unspecified atom stereocenters. The largest absolute Gasteiger partial charge is 0.382 e. The summed E-state index contributed by atoms with van der Waals surface area (Å²) in [6, 6.07) is 7.72. The Morgan fingerprint density at radius 3 is 2.79 bits per heavy atom. The van der Waals surface area contributed by atoms with Gasteiger partial charge in [-0.25, -0.2) is 0 Å². The van der Waals surface area contributed by atoms with Gasteiger partial charge in [0.05, 0.1) is 11.3 Å². The molecule has 0 bridgehead atoms. The number of nitrogens with two attached hydrogens (primary N) is 1. The molecule has 0 amide bonds. The van der Waals surface area contributed by atoms with Gasteiger partial charge in [-0.05, 0) is 39.0 Å². The molecule has 0 spiro atoms. The van der Waals surface area contributed by atoms with Crippen molar-refractivity contribution >= 4 is 34.5 Å². The molecule has 6 heteroatoms. The highest BCUT2D eigenvalue weighted by Crippen LogP contribution is 2.36. The molecule has 1 aromatic carbocycles. The maximum atomic E-state index is 12.4. The number of hydrogen-bond acceptors (Lipinski definition) is 5. The summed E-state index contributed by atoms with van der Waals surface area (Å²) >= 11 is 0. The van der Waals surface area contributed by atoms with Gasteiger partial charge in [0.1, 0.15) is 5.76 Å². The van der Waals surface area contributed by atoms with Crippen LogP contribution in [0.15, 0.2) is 38.6 Å². The Morgan fingerprint density at radius 2 is 2.00 bits per heavy atom. The minimum atomic E-state index is -0.380. The summed E-state index contributed by atoms with van der Waals surface area (Å²) in [4.78, 5) is 21.0. The van der Waals surface area contributed by atoms with Gasteiger partial charge in [-0.15, -0.1) is 4.57 Å². The maximum Gasteiger partial charge on any atom is 0.282 e. The average molecular weight is 320 g/mol. The van der Waals surface area contributed by atoms with E-state index in [0.29, 0.717) is 17.0 Å². The third-order valence-electron chi connectivity index (χ3n) is 4.13. The van der Waals surface area contributed by atoms with E-state index in [2.05, 4.69) is 16.0 Å². The molecule has 4 rings (SSSR count). The summed E-state index contributed by atoms with van der Waals surface area (Å²) in [5.41, 5.74) is 11.2. The normalized spacial score (nSPS) is 15.1. The van der Waals surface area contributed by atoms with Crippen LogP contribution >= 0.6 is 0 Å². The SMILES string of the molecule is CC1=Nc2ccc(C)cc2C1=Cc1c(N)n2oc(C)cc2nc1=O. The van der Waals surface area contributed by atoms with Gasteiger partial charge >= 0.3 is 0 Å². The van der Waals surface area contributed by atoms with Crippen LogP contribution in [0.1, 0.15) is 29.4 Å². The Morgan fingerprint density at radius 1 is 1.21 bits per heavy atom. The van der Waals surface area contributed by atoms with Crippen LogP contribution in [0.25, 0.3) is 17.3 Å². The molecule has 120 valence electrons. The topological polar surface area (TPSA) is 85.9 Å². The van der Waals surface area contributed by atoms with Crippen molar-refractivity contribution in [1.82, 2.24) is 9.56 Å². The number of aliphatic imine (C=N–C) groups is 1. The summed E-state index contributed by atoms with van der Waals surface area (Å²) in [7, 11) is 0. The molecule has 0 fully saturated rings. The van der Waals surface area contributed by atoms with Crippen molar-refractivity contribution in [3.63, 3.8) is 0 Å². The van der Waals surface area contributed by atoms with Crippen LogP contribution in [0.2, 0.25) is 0 Å². The Kier molecular flexibility index (Phi) is 2.96. The second-order valence-electron chi connectivity index (χ2n) is 5.99. The van der Waals surface area contributed by atoms with Gasteiger partial charge in [0.25, 0.3) is 5.56 Å². The quantitative estimate of drug-likeness (QED) is 0.746. The molecule has 2 N–H and O–H groups in total. The van der Waals surface area contributed by atoms with Crippen LogP contribution in [0.3, 0.4) is 0 Å². The number of fused-ring (bicyclic) bond motifs is 2. The van der Waals surface area contributed by atoms with Gasteiger partial charge in [-0.2, -0.15) is 4.98 Å². The Hall–Kier alpha value is -3.15. The van der Waals surface area contributed by atoms with Crippen molar-refractivity contribution < 1.29 is 4.52 Å². The smallest absolute Gasteiger partial charge is 0.282 e. The fourth-order valence-electron chi connectivity index (χ4n) is 2.95. The standard InChI is InChI=1S/C18H16N4O2/c1-9-4-5-15-13(6-9)12(11(3)20-15)8-14-17(19)22-16(21-18(14)23)7-10(2)24-22/h4-8H,19H2,1-3H3. The molecule has 24 heavy (non-hydrogen) atoms. The molecule has 0 saturated heterocycles. The first-order chi connectivity index (χ1) is 11.4. The molecular weight excluding hydrogens is 304 g/mol. The van der Waals surface area contributed by atoms with Gasteiger partial charge < -0.3 is 10.3 Å². The number of aromatic nitrogens is 2. The molecule has 0 atom stereocenters. The summed E-state index contributed by atoms with van der Waals surface area (Å²) < 4.78 is 6.88. The lowest BCUT2D eigenvalue weighted by Crippen LogP contribution is -2.16. The number of hydrogen-bond donors (Lipinski definition) is 1. The van der Waals surface area contributed by atoms with Crippen LogP contribution in [0.5, 0.6) is 0 Å². The van der Waals surface area contributed by atoms with Crippen molar-refractivity contribution in [3.05, 3.63) is 57.1 Å². The number of rotatable bonds is 1. The van der Waals surface area contributed by atoms with Gasteiger partial charge in [0, 0.05) is 22.9 Å². The van der Waals surface area contributed by atoms with Crippen LogP contribution < -0.4 is 11.3 Å². The number of allylic oxidation sites excluding steroid dienone is 1. The monoisotopic (exact) mass is 320 g/mol. The zero-order chi connectivity index (χ0) is 17.0. The lowest BCUT2D eigenvalue weighted by atomic mass is 9.99. The Labute approximate surface area is 137 Å². The highest BCUT2D eigenvalue weighted by molar-refractivity contribution is 6.31. The first kappa shape index (κ1) is 14.4. The Bertz CT molecular complexity index is 1120. The molecule has 6 nitrogen and oxygen atoms in total. The molecule has 3 aromatic rings. The molecule has 2 aromatic heterocycles. The first-order valence-electron chi connectivity index (χ1n) is 7.61. The second kappa shape index (κ2) is 4.92. The second-order valence-corrected chi connectivity index (χ2v) is 5.99. The van der Waals surface area contributed by atoms with Crippen molar-refractivity contribution in [1.29, 1.82) is 0 Å². The third-order valence-corrected chi connectivity index (χ3v) is 4.13. The highest BCUT2D eigenvalue weighted by Gasteiger charge is 2.20. The number of anilines is 1. The molecular formula is C18H16N4O2. The lowest BCUT2D eigenvalue weighted by molar-refractivity contribution is 0.358. The van der Waals surface area contributed by atoms with Crippen LogP contribution in [-0.2, 0) is 0 Å². The van der Waals surface area contributed by atoms with E-state index >= 15 is 0 Å². The third kappa shape index (κ3) is 2.07. The van der Waals surface area contributed by atoms with Crippen molar-refractivity contribution in [2.45, 2.75) is 20.8 Å². The summed E-state index contributed by atoms with van der Waals surface area (Å²) in [6.07, 6.45) is 1.75. The predicted octanol–water partition coefficient (Wildman–Crippen LogP) is 3.13. The maximum absolute atomic E-state index is 12.4. The van der Waals surface area contributed by atoms with E-state index < -0.39 is 0 Å². The van der Waals surface area contributed by atoms with Crippen LogP contribution in [-0.4, -0.2) is 15.3 Å². The highest BCUT2D eigenvalue weighted by atomic mass is 16.5. The van der Waals surface area contributed by atoms with E-state index in [-0.39, 0.29) is 11.4 Å². The fraction of sp³-hybridized carbons (Fsp3) is 0.167. The van der Waals surface area contributed by atoms with E-state index in [4.69, 9.17) is 10.3 Å². The first-order valence-corrected chi connectivity index (χ1v) is 7.61.